The average molecular weight is 262 g/mol. The van der Waals surface area contributed by atoms with Gasteiger partial charge in [0.25, 0.3) is 5.69 Å². The fraction of sp³-hybridized carbons (Fsp3) is 0.500. The lowest BCUT2D eigenvalue weighted by Crippen LogP contribution is -2.18. The smallest absolute Gasteiger partial charge is 0.293 e. The first-order valence-corrected chi connectivity index (χ1v) is 6.41. The Kier molecular flexibility index (Phi) is 3.55. The minimum atomic E-state index is -0.449. The lowest BCUT2D eigenvalue weighted by Gasteiger charge is -2.18. The van der Waals surface area contributed by atoms with Crippen LogP contribution in [0.15, 0.2) is 18.2 Å². The molecule has 0 aliphatic heterocycles. The standard InChI is InChI=1S/C14H18N2O3/c1-14(2)6-5-11(8-14)15-12-4-3-10(9-17)7-13(12)16(18)19/h3-4,7,9,11,15H,5-6,8H2,1-2H3. The Morgan fingerprint density at radius 3 is 2.74 bits per heavy atom. The van der Waals surface area contributed by atoms with Crippen molar-refractivity contribution < 1.29 is 9.72 Å². The number of benzene rings is 1. The van der Waals surface area contributed by atoms with E-state index < -0.39 is 4.92 Å². The van der Waals surface area contributed by atoms with Crippen LogP contribution in [0, 0.1) is 15.5 Å². The normalized spacial score (nSPS) is 21.1. The summed E-state index contributed by atoms with van der Waals surface area (Å²) in [5, 5.41) is 14.3. The fourth-order valence-electron chi connectivity index (χ4n) is 2.67. The maximum Gasteiger partial charge on any atom is 0.293 e. The van der Waals surface area contributed by atoms with Crippen molar-refractivity contribution in [3.8, 4) is 0 Å². The molecule has 5 nitrogen and oxygen atoms in total. The number of hydrogen-bond acceptors (Lipinski definition) is 4. The zero-order valence-corrected chi connectivity index (χ0v) is 11.2. The van der Waals surface area contributed by atoms with Gasteiger partial charge in [0.05, 0.1) is 4.92 Å². The maximum absolute atomic E-state index is 11.0. The number of aldehydes is 1. The summed E-state index contributed by atoms with van der Waals surface area (Å²) in [6.07, 6.45) is 3.75. The number of carbonyl (C=O) groups is 1. The van der Waals surface area contributed by atoms with Crippen LogP contribution in [-0.4, -0.2) is 17.3 Å². The molecule has 19 heavy (non-hydrogen) atoms. The largest absolute Gasteiger partial charge is 0.377 e. The summed E-state index contributed by atoms with van der Waals surface area (Å²) in [6, 6.07) is 4.79. The Balaban J connectivity index is 2.20. The molecule has 0 saturated heterocycles. The number of rotatable bonds is 4. The van der Waals surface area contributed by atoms with E-state index >= 15 is 0 Å². The van der Waals surface area contributed by atoms with Gasteiger partial charge in [-0.25, -0.2) is 0 Å². The van der Waals surface area contributed by atoms with Gasteiger partial charge in [-0.3, -0.25) is 14.9 Å². The van der Waals surface area contributed by atoms with Crippen molar-refractivity contribution in [3.05, 3.63) is 33.9 Å². The fourth-order valence-corrected chi connectivity index (χ4v) is 2.67. The molecule has 1 saturated carbocycles. The Hall–Kier alpha value is -1.91. The minimum Gasteiger partial charge on any atom is -0.377 e. The number of nitrogens with zero attached hydrogens (tertiary/aromatic N) is 1. The summed E-state index contributed by atoms with van der Waals surface area (Å²) in [6.45, 7) is 4.41. The lowest BCUT2D eigenvalue weighted by atomic mass is 9.92. The third-order valence-corrected chi connectivity index (χ3v) is 3.68. The van der Waals surface area contributed by atoms with Gasteiger partial charge in [-0.15, -0.1) is 0 Å². The lowest BCUT2D eigenvalue weighted by molar-refractivity contribution is -0.384. The summed E-state index contributed by atoms with van der Waals surface area (Å²) in [5.41, 5.74) is 1.08. The Labute approximate surface area is 112 Å². The molecule has 0 radical (unpaired) electrons. The van der Waals surface area contributed by atoms with Crippen molar-refractivity contribution in [2.24, 2.45) is 5.41 Å². The topological polar surface area (TPSA) is 72.2 Å². The molecule has 1 atom stereocenters. The first-order valence-electron chi connectivity index (χ1n) is 6.41. The van der Waals surface area contributed by atoms with E-state index in [9.17, 15) is 14.9 Å². The van der Waals surface area contributed by atoms with E-state index in [0.717, 1.165) is 19.3 Å². The third-order valence-electron chi connectivity index (χ3n) is 3.68. The second kappa shape index (κ2) is 4.99. The zero-order chi connectivity index (χ0) is 14.0. The molecule has 1 aliphatic carbocycles. The Morgan fingerprint density at radius 2 is 2.21 bits per heavy atom. The van der Waals surface area contributed by atoms with Gasteiger partial charge in [0.1, 0.15) is 12.0 Å². The monoisotopic (exact) mass is 262 g/mol. The van der Waals surface area contributed by atoms with Crippen molar-refractivity contribution in [2.45, 2.75) is 39.2 Å². The summed E-state index contributed by atoms with van der Waals surface area (Å²) in [4.78, 5) is 21.3. The molecule has 0 spiro atoms. The van der Waals surface area contributed by atoms with Crippen LogP contribution in [0.2, 0.25) is 0 Å². The van der Waals surface area contributed by atoms with Crippen LogP contribution in [-0.2, 0) is 0 Å². The minimum absolute atomic E-state index is 0.0330. The van der Waals surface area contributed by atoms with E-state index in [4.69, 9.17) is 0 Å². The van der Waals surface area contributed by atoms with Crippen molar-refractivity contribution in [2.75, 3.05) is 5.32 Å². The number of nitrogens with one attached hydrogen (secondary N) is 1. The molecule has 1 unspecified atom stereocenters. The van der Waals surface area contributed by atoms with Crippen LogP contribution in [0.5, 0.6) is 0 Å². The van der Waals surface area contributed by atoms with E-state index in [1.165, 1.54) is 6.07 Å². The zero-order valence-electron chi connectivity index (χ0n) is 11.2. The molecule has 0 bridgehead atoms. The second-order valence-corrected chi connectivity index (χ2v) is 5.90. The summed E-state index contributed by atoms with van der Waals surface area (Å²) in [7, 11) is 0. The molecule has 5 heteroatoms. The van der Waals surface area contributed by atoms with Crippen molar-refractivity contribution in [1.29, 1.82) is 0 Å². The van der Waals surface area contributed by atoms with Crippen molar-refractivity contribution >= 4 is 17.7 Å². The molecule has 1 N–H and O–H groups in total. The van der Waals surface area contributed by atoms with Gasteiger partial charge < -0.3 is 5.32 Å². The van der Waals surface area contributed by atoms with E-state index in [1.807, 2.05) is 0 Å². The van der Waals surface area contributed by atoms with Crippen LogP contribution in [0.25, 0.3) is 0 Å². The summed E-state index contributed by atoms with van der Waals surface area (Å²) < 4.78 is 0. The molecule has 102 valence electrons. The second-order valence-electron chi connectivity index (χ2n) is 5.90. The van der Waals surface area contributed by atoms with Crippen LogP contribution in [0.3, 0.4) is 0 Å². The van der Waals surface area contributed by atoms with Crippen molar-refractivity contribution in [3.63, 3.8) is 0 Å². The molecule has 1 aliphatic rings. The van der Waals surface area contributed by atoms with E-state index in [2.05, 4.69) is 19.2 Å². The first kappa shape index (κ1) is 13.5. The highest BCUT2D eigenvalue weighted by Gasteiger charge is 2.31. The molecule has 0 heterocycles. The van der Waals surface area contributed by atoms with Gasteiger partial charge in [-0.2, -0.15) is 0 Å². The predicted molar refractivity (Wildman–Crippen MR) is 73.5 cm³/mol. The molecular formula is C14H18N2O3. The van der Waals surface area contributed by atoms with Gasteiger partial charge in [-0.1, -0.05) is 13.8 Å². The van der Waals surface area contributed by atoms with Gasteiger partial charge in [0, 0.05) is 17.7 Å². The SMILES string of the molecule is CC1(C)CCC(Nc2ccc(C=O)cc2[N+](=O)[O-])C1. The molecule has 1 aromatic rings. The van der Waals surface area contributed by atoms with Crippen molar-refractivity contribution in [1.82, 2.24) is 0 Å². The molecule has 1 aromatic carbocycles. The molecule has 0 amide bonds. The van der Waals surface area contributed by atoms with Crippen LogP contribution in [0.4, 0.5) is 11.4 Å². The highest BCUT2D eigenvalue weighted by Crippen LogP contribution is 2.39. The number of carbonyl (C=O) groups excluding carboxylic acids is 1. The maximum atomic E-state index is 11.0. The van der Waals surface area contributed by atoms with Gasteiger partial charge >= 0.3 is 0 Å². The van der Waals surface area contributed by atoms with Gasteiger partial charge in [0.15, 0.2) is 0 Å². The predicted octanol–water partition coefficient (Wildman–Crippen LogP) is 3.40. The number of hydrogen-bond donors (Lipinski definition) is 1. The van der Waals surface area contributed by atoms with Crippen LogP contribution >= 0.6 is 0 Å². The number of anilines is 1. The number of nitro groups is 1. The van der Waals surface area contributed by atoms with Crippen LogP contribution < -0.4 is 5.32 Å². The summed E-state index contributed by atoms with van der Waals surface area (Å²) >= 11 is 0. The molecular weight excluding hydrogens is 244 g/mol. The quantitative estimate of drug-likeness (QED) is 0.513. The third kappa shape index (κ3) is 3.10. The molecule has 2 rings (SSSR count). The average Bonchev–Trinajstić information content (AvgIpc) is 2.69. The first-order chi connectivity index (χ1) is 8.91. The van der Waals surface area contributed by atoms with Crippen LogP contribution in [0.1, 0.15) is 43.5 Å². The Morgan fingerprint density at radius 1 is 1.47 bits per heavy atom. The molecule has 0 aromatic heterocycles. The van der Waals surface area contributed by atoms with Gasteiger partial charge in [0.2, 0.25) is 0 Å². The Bertz CT molecular complexity index is 511. The highest BCUT2D eigenvalue weighted by molar-refractivity contribution is 5.79. The highest BCUT2D eigenvalue weighted by atomic mass is 16.6. The van der Waals surface area contributed by atoms with E-state index in [1.54, 1.807) is 12.1 Å². The summed E-state index contributed by atoms with van der Waals surface area (Å²) in [5.74, 6) is 0. The molecule has 1 fully saturated rings. The van der Waals surface area contributed by atoms with E-state index in [0.29, 0.717) is 17.5 Å². The number of nitro benzene ring substituents is 1. The van der Waals surface area contributed by atoms with E-state index in [-0.39, 0.29) is 17.1 Å². The van der Waals surface area contributed by atoms with Gasteiger partial charge in [-0.05, 0) is 36.8 Å².